The molecule has 1 N–H and O–H groups in total. The Morgan fingerprint density at radius 2 is 2.18 bits per heavy atom. The zero-order valence-corrected chi connectivity index (χ0v) is 9.96. The third-order valence-electron chi connectivity index (χ3n) is 3.91. The molecule has 0 aromatic heterocycles. The minimum absolute atomic E-state index is 0.229. The maximum Gasteiger partial charge on any atom is 0.0853 e. The van der Waals surface area contributed by atoms with Crippen LogP contribution in [0.2, 0.25) is 0 Å². The van der Waals surface area contributed by atoms with E-state index in [1.807, 2.05) is 6.08 Å². The lowest BCUT2D eigenvalue weighted by Crippen LogP contribution is -2.20. The Morgan fingerprint density at radius 1 is 1.35 bits per heavy atom. The van der Waals surface area contributed by atoms with Gasteiger partial charge in [0.15, 0.2) is 0 Å². The van der Waals surface area contributed by atoms with Crippen molar-refractivity contribution in [2.45, 2.75) is 31.8 Å². The minimum atomic E-state index is 0.229. The van der Waals surface area contributed by atoms with Crippen LogP contribution in [0, 0.1) is 5.41 Å². The van der Waals surface area contributed by atoms with E-state index in [4.69, 9.17) is 10.1 Å². The van der Waals surface area contributed by atoms with Crippen molar-refractivity contribution in [1.29, 1.82) is 5.41 Å². The van der Waals surface area contributed by atoms with E-state index in [2.05, 4.69) is 12.6 Å². The molecule has 88 valence electrons. The van der Waals surface area contributed by atoms with E-state index in [9.17, 15) is 0 Å². The Kier molecular flexibility index (Phi) is 2.60. The van der Waals surface area contributed by atoms with Gasteiger partial charge in [-0.3, -0.25) is 0 Å². The molecule has 0 bridgehead atoms. The van der Waals surface area contributed by atoms with Crippen LogP contribution in [0.1, 0.15) is 46.8 Å². The van der Waals surface area contributed by atoms with Crippen LogP contribution in [-0.2, 0) is 17.6 Å². The smallest absolute Gasteiger partial charge is 0.0853 e. The van der Waals surface area contributed by atoms with Crippen molar-refractivity contribution >= 4 is 12.3 Å². The molecule has 1 unspecified atom stereocenters. The van der Waals surface area contributed by atoms with Gasteiger partial charge in [0, 0.05) is 18.2 Å². The van der Waals surface area contributed by atoms with Crippen molar-refractivity contribution in [3.63, 3.8) is 0 Å². The summed E-state index contributed by atoms with van der Waals surface area (Å²) in [7, 11) is 0. The van der Waals surface area contributed by atoms with Crippen molar-refractivity contribution in [1.82, 2.24) is 0 Å². The topological polar surface area (TPSA) is 33.1 Å². The van der Waals surface area contributed by atoms with Crippen LogP contribution in [0.3, 0.4) is 0 Å². The maximum atomic E-state index is 7.66. The minimum Gasteiger partial charge on any atom is -0.373 e. The molecule has 0 radical (unpaired) electrons. The second-order valence-corrected chi connectivity index (χ2v) is 4.78. The molecule has 17 heavy (non-hydrogen) atoms. The highest BCUT2D eigenvalue weighted by Gasteiger charge is 2.27. The van der Waals surface area contributed by atoms with Gasteiger partial charge >= 0.3 is 0 Å². The predicted octanol–water partition coefficient (Wildman–Crippen LogP) is 3.28. The van der Waals surface area contributed by atoms with E-state index in [0.717, 1.165) is 37.0 Å². The highest BCUT2D eigenvalue weighted by Crippen LogP contribution is 2.38. The summed E-state index contributed by atoms with van der Waals surface area (Å²) in [4.78, 5) is 0. The summed E-state index contributed by atoms with van der Waals surface area (Å²) in [6.45, 7) is 4.77. The molecule has 1 heterocycles. The van der Waals surface area contributed by atoms with Crippen molar-refractivity contribution in [2.75, 3.05) is 6.61 Å². The lowest BCUT2D eigenvalue weighted by atomic mass is 9.89. The van der Waals surface area contributed by atoms with Crippen LogP contribution < -0.4 is 0 Å². The van der Waals surface area contributed by atoms with Gasteiger partial charge in [-0.25, -0.2) is 0 Å². The average molecular weight is 227 g/mol. The molecule has 1 fully saturated rings. The van der Waals surface area contributed by atoms with Gasteiger partial charge in [0.1, 0.15) is 0 Å². The monoisotopic (exact) mass is 227 g/mol. The summed E-state index contributed by atoms with van der Waals surface area (Å²) in [6, 6.07) is 2.29. The molecule has 1 aromatic rings. The van der Waals surface area contributed by atoms with Crippen LogP contribution >= 0.6 is 0 Å². The van der Waals surface area contributed by atoms with E-state index >= 15 is 0 Å². The van der Waals surface area contributed by atoms with Gasteiger partial charge in [0.05, 0.1) is 12.7 Å². The summed E-state index contributed by atoms with van der Waals surface area (Å²) in [6.07, 6.45) is 8.16. The third kappa shape index (κ3) is 1.55. The van der Waals surface area contributed by atoms with Crippen LogP contribution in [0.5, 0.6) is 0 Å². The Hall–Kier alpha value is -1.41. The number of ether oxygens (including phenoxy) is 1. The average Bonchev–Trinajstić information content (AvgIpc) is 2.72. The highest BCUT2D eigenvalue weighted by atomic mass is 16.5. The molecule has 2 heteroatoms. The van der Waals surface area contributed by atoms with E-state index in [-0.39, 0.29) is 6.10 Å². The Labute approximate surface area is 102 Å². The van der Waals surface area contributed by atoms with Crippen molar-refractivity contribution < 1.29 is 4.74 Å². The standard InChI is InChI=1S/C15H17NO/c1-2-11-13(15-6-7-17-15)8-10-4-3-5-12(10)14(11)9-16/h2,8-9,15-16H,1,3-7H2. The predicted molar refractivity (Wildman–Crippen MR) is 69.8 cm³/mol. The lowest BCUT2D eigenvalue weighted by molar-refractivity contribution is -0.0528. The molecular weight excluding hydrogens is 210 g/mol. The Morgan fingerprint density at radius 3 is 2.76 bits per heavy atom. The molecule has 2 aliphatic rings. The zero-order valence-electron chi connectivity index (χ0n) is 9.96. The van der Waals surface area contributed by atoms with Crippen molar-refractivity contribution in [3.05, 3.63) is 40.5 Å². The van der Waals surface area contributed by atoms with Gasteiger partial charge in [-0.15, -0.1) is 0 Å². The Bertz CT molecular complexity index is 486. The van der Waals surface area contributed by atoms with E-state index in [0.29, 0.717) is 0 Å². The van der Waals surface area contributed by atoms with Gasteiger partial charge in [-0.2, -0.15) is 0 Å². The lowest BCUT2D eigenvalue weighted by Gasteiger charge is -2.29. The highest BCUT2D eigenvalue weighted by molar-refractivity contribution is 5.87. The number of fused-ring (bicyclic) bond motifs is 1. The van der Waals surface area contributed by atoms with Crippen LogP contribution in [0.25, 0.3) is 6.08 Å². The summed E-state index contributed by atoms with van der Waals surface area (Å²) >= 11 is 0. The number of rotatable bonds is 3. The fourth-order valence-corrected chi connectivity index (χ4v) is 2.96. The fraction of sp³-hybridized carbons (Fsp3) is 0.400. The second kappa shape index (κ2) is 4.11. The molecule has 1 aliphatic heterocycles. The van der Waals surface area contributed by atoms with E-state index in [1.165, 1.54) is 29.3 Å². The normalized spacial score (nSPS) is 21.8. The summed E-state index contributed by atoms with van der Waals surface area (Å²) < 4.78 is 5.60. The first-order chi connectivity index (χ1) is 8.35. The number of hydrogen-bond acceptors (Lipinski definition) is 2. The van der Waals surface area contributed by atoms with Crippen LogP contribution in [-0.4, -0.2) is 12.8 Å². The molecule has 0 spiro atoms. The molecular formula is C15H17NO. The van der Waals surface area contributed by atoms with Gasteiger partial charge in [0.2, 0.25) is 0 Å². The first-order valence-electron chi connectivity index (χ1n) is 6.28. The van der Waals surface area contributed by atoms with Crippen LogP contribution in [0.15, 0.2) is 12.6 Å². The maximum absolute atomic E-state index is 7.66. The summed E-state index contributed by atoms with van der Waals surface area (Å²) in [5.74, 6) is 0. The fourth-order valence-electron chi connectivity index (χ4n) is 2.96. The first kappa shape index (κ1) is 10.7. The molecule has 1 aliphatic carbocycles. The number of benzene rings is 1. The van der Waals surface area contributed by atoms with Crippen molar-refractivity contribution in [2.24, 2.45) is 0 Å². The SMILES string of the molecule is C=Cc1c(C2CCO2)cc2c(c1C=N)CCC2. The molecule has 1 atom stereocenters. The first-order valence-corrected chi connectivity index (χ1v) is 6.28. The molecule has 3 rings (SSSR count). The van der Waals surface area contributed by atoms with Gasteiger partial charge in [-0.1, -0.05) is 18.7 Å². The molecule has 0 saturated carbocycles. The molecule has 1 aromatic carbocycles. The Balaban J connectivity index is 2.20. The number of hydrogen-bond donors (Lipinski definition) is 1. The summed E-state index contributed by atoms with van der Waals surface area (Å²) in [5, 5.41) is 7.66. The van der Waals surface area contributed by atoms with Gasteiger partial charge < -0.3 is 10.1 Å². The number of aryl methyl sites for hydroxylation is 1. The van der Waals surface area contributed by atoms with E-state index in [1.54, 1.807) is 0 Å². The van der Waals surface area contributed by atoms with Crippen LogP contribution in [0.4, 0.5) is 0 Å². The van der Waals surface area contributed by atoms with Crippen molar-refractivity contribution in [3.8, 4) is 0 Å². The largest absolute Gasteiger partial charge is 0.373 e. The molecule has 1 saturated heterocycles. The zero-order chi connectivity index (χ0) is 11.8. The van der Waals surface area contributed by atoms with Gasteiger partial charge in [-0.05, 0) is 41.5 Å². The van der Waals surface area contributed by atoms with Gasteiger partial charge in [0.25, 0.3) is 0 Å². The third-order valence-corrected chi connectivity index (χ3v) is 3.91. The second-order valence-electron chi connectivity index (χ2n) is 4.78. The molecule has 0 amide bonds. The van der Waals surface area contributed by atoms with E-state index < -0.39 is 0 Å². The number of nitrogens with one attached hydrogen (secondary N) is 1. The quantitative estimate of drug-likeness (QED) is 0.790. The summed E-state index contributed by atoms with van der Waals surface area (Å²) in [5.41, 5.74) is 6.20. The molecule has 2 nitrogen and oxygen atoms in total.